The maximum Gasteiger partial charge on any atom is 0.434 e. The number of anilines is 3. The van der Waals surface area contributed by atoms with Crippen LogP contribution < -0.4 is 10.2 Å². The summed E-state index contributed by atoms with van der Waals surface area (Å²) in [7, 11) is 0. The number of thiazole rings is 1. The molecule has 2 rings (SSSR count). The molecule has 172 valence electrons. The van der Waals surface area contributed by atoms with E-state index in [0.29, 0.717) is 17.5 Å². The van der Waals surface area contributed by atoms with E-state index in [9.17, 15) is 18.0 Å². The largest absolute Gasteiger partial charge is 0.481 e. The Hall–Kier alpha value is -2.29. The van der Waals surface area contributed by atoms with Crippen LogP contribution >= 0.6 is 11.3 Å². The second-order valence-corrected chi connectivity index (χ2v) is 9.49. The van der Waals surface area contributed by atoms with Crippen molar-refractivity contribution < 1.29 is 23.1 Å². The van der Waals surface area contributed by atoms with Gasteiger partial charge in [-0.05, 0) is 35.4 Å². The van der Waals surface area contributed by atoms with E-state index in [-0.39, 0.29) is 17.5 Å². The molecule has 2 aromatic rings. The van der Waals surface area contributed by atoms with Crippen LogP contribution in [-0.2, 0) is 11.0 Å². The zero-order chi connectivity index (χ0) is 23.3. The molecule has 1 atom stereocenters. The van der Waals surface area contributed by atoms with Crippen LogP contribution in [0.25, 0.3) is 0 Å². The van der Waals surface area contributed by atoms with Gasteiger partial charge >= 0.3 is 12.1 Å². The predicted molar refractivity (Wildman–Crippen MR) is 119 cm³/mol. The number of carboxylic acid groups (broad SMARTS) is 1. The summed E-state index contributed by atoms with van der Waals surface area (Å²) in [6.45, 7) is 11.8. The lowest BCUT2D eigenvalue weighted by Crippen LogP contribution is -2.31. The van der Waals surface area contributed by atoms with Gasteiger partial charge in [0.05, 0.1) is 17.8 Å². The lowest BCUT2D eigenvalue weighted by molar-refractivity contribution is -0.140. The van der Waals surface area contributed by atoms with E-state index in [1.807, 2.05) is 25.1 Å². The molecule has 0 bridgehead atoms. The molecular weight excluding hydrogens is 427 g/mol. The zero-order valence-electron chi connectivity index (χ0n) is 18.5. The van der Waals surface area contributed by atoms with E-state index in [1.54, 1.807) is 0 Å². The van der Waals surface area contributed by atoms with Gasteiger partial charge in [-0.15, -0.1) is 11.3 Å². The molecule has 0 saturated heterocycles. The second-order valence-electron chi connectivity index (χ2n) is 8.63. The normalized spacial score (nSPS) is 13.0. The molecule has 1 aromatic carbocycles. The van der Waals surface area contributed by atoms with Gasteiger partial charge in [0.1, 0.15) is 0 Å². The Balaban J connectivity index is 2.47. The summed E-state index contributed by atoms with van der Waals surface area (Å²) in [6.07, 6.45) is -4.53. The third-order valence-electron chi connectivity index (χ3n) is 4.62. The van der Waals surface area contributed by atoms with E-state index < -0.39 is 17.8 Å². The van der Waals surface area contributed by atoms with Gasteiger partial charge in [0.25, 0.3) is 0 Å². The van der Waals surface area contributed by atoms with E-state index in [1.165, 1.54) is 0 Å². The molecule has 2 N–H and O–H groups in total. The fraction of sp³-hybridized carbons (Fsp3) is 0.545. The summed E-state index contributed by atoms with van der Waals surface area (Å²) >= 11 is 0.890. The Kier molecular flexibility index (Phi) is 8.34. The second kappa shape index (κ2) is 10.3. The highest BCUT2D eigenvalue weighted by atomic mass is 32.1. The van der Waals surface area contributed by atoms with Crippen LogP contribution in [0.5, 0.6) is 0 Å². The molecule has 31 heavy (non-hydrogen) atoms. The number of alkyl halides is 3. The fourth-order valence-corrected chi connectivity index (χ4v) is 4.07. The SMILES string of the molecule is CC(C)CN(CC(C)C)c1ccc(C(C)CC(=O)O)cc1Nc1nc(C(F)(F)F)cs1. The average molecular weight is 458 g/mol. The molecule has 0 spiro atoms. The highest BCUT2D eigenvalue weighted by molar-refractivity contribution is 7.13. The van der Waals surface area contributed by atoms with E-state index in [4.69, 9.17) is 5.11 Å². The molecule has 0 amide bonds. The Morgan fingerprint density at radius 3 is 2.26 bits per heavy atom. The highest BCUT2D eigenvalue weighted by Crippen LogP contribution is 2.37. The number of nitrogens with zero attached hydrogens (tertiary/aromatic N) is 2. The lowest BCUT2D eigenvalue weighted by Gasteiger charge is -2.31. The summed E-state index contributed by atoms with van der Waals surface area (Å²) in [6, 6.07) is 5.63. The van der Waals surface area contributed by atoms with E-state index in [2.05, 4.69) is 42.9 Å². The average Bonchev–Trinajstić information content (AvgIpc) is 3.08. The molecule has 0 aliphatic rings. The Labute approximate surface area is 185 Å². The summed E-state index contributed by atoms with van der Waals surface area (Å²) in [4.78, 5) is 17.0. The fourth-order valence-electron chi connectivity index (χ4n) is 3.35. The van der Waals surface area contributed by atoms with Gasteiger partial charge in [-0.2, -0.15) is 13.2 Å². The van der Waals surface area contributed by atoms with Crippen LogP contribution in [-0.4, -0.2) is 29.1 Å². The van der Waals surface area contributed by atoms with Crippen molar-refractivity contribution in [2.45, 2.75) is 53.1 Å². The number of carboxylic acids is 1. The number of hydrogen-bond donors (Lipinski definition) is 2. The standard InChI is InChI=1S/C22H30F3N3O2S/c1-13(2)10-28(11-14(3)4)18-7-6-16(15(5)8-20(29)30)9-17(18)26-21-27-19(12-31-21)22(23,24)25/h6-7,9,12-15H,8,10-11H2,1-5H3,(H,26,27)(H,29,30). The summed E-state index contributed by atoms with van der Waals surface area (Å²) in [5.74, 6) is -0.373. The smallest absolute Gasteiger partial charge is 0.434 e. The van der Waals surface area contributed by atoms with Crippen LogP contribution in [0.15, 0.2) is 23.6 Å². The molecular formula is C22H30F3N3O2S. The maximum atomic E-state index is 13.0. The quantitative estimate of drug-likeness (QED) is 0.421. The summed E-state index contributed by atoms with van der Waals surface area (Å²) in [5, 5.41) is 13.3. The molecule has 0 aliphatic heterocycles. The first kappa shape index (κ1) is 25.0. The van der Waals surface area contributed by atoms with Crippen LogP contribution in [0.3, 0.4) is 0 Å². The van der Waals surface area contributed by atoms with Gasteiger partial charge in [-0.1, -0.05) is 40.7 Å². The molecule has 1 aromatic heterocycles. The van der Waals surface area contributed by atoms with Gasteiger partial charge in [0.2, 0.25) is 0 Å². The molecule has 1 unspecified atom stereocenters. The number of benzene rings is 1. The number of rotatable bonds is 10. The number of nitrogens with one attached hydrogen (secondary N) is 1. The van der Waals surface area contributed by atoms with Crippen molar-refractivity contribution in [1.29, 1.82) is 0 Å². The van der Waals surface area contributed by atoms with Gasteiger partial charge in [0, 0.05) is 18.5 Å². The van der Waals surface area contributed by atoms with Crippen LogP contribution in [0.2, 0.25) is 0 Å². The van der Waals surface area contributed by atoms with Crippen LogP contribution in [0.4, 0.5) is 29.7 Å². The van der Waals surface area contributed by atoms with Gasteiger partial charge < -0.3 is 15.3 Å². The molecule has 0 radical (unpaired) electrons. The Morgan fingerprint density at radius 2 is 1.77 bits per heavy atom. The number of aromatic nitrogens is 1. The third kappa shape index (κ3) is 7.41. The van der Waals surface area contributed by atoms with Crippen LogP contribution in [0, 0.1) is 11.8 Å². The zero-order valence-corrected chi connectivity index (χ0v) is 19.3. The number of halogens is 3. The predicted octanol–water partition coefficient (Wildman–Crippen LogP) is 6.60. The first-order valence-corrected chi connectivity index (χ1v) is 11.1. The Bertz CT molecular complexity index is 871. The van der Waals surface area contributed by atoms with Crippen molar-refractivity contribution in [3.05, 3.63) is 34.8 Å². The minimum atomic E-state index is -4.50. The third-order valence-corrected chi connectivity index (χ3v) is 5.38. The Morgan fingerprint density at radius 1 is 1.16 bits per heavy atom. The summed E-state index contributed by atoms with van der Waals surface area (Å²) in [5.41, 5.74) is 1.35. The maximum absolute atomic E-state index is 13.0. The van der Waals surface area contributed by atoms with E-state index >= 15 is 0 Å². The summed E-state index contributed by atoms with van der Waals surface area (Å²) < 4.78 is 38.9. The first-order valence-electron chi connectivity index (χ1n) is 10.3. The molecule has 1 heterocycles. The molecule has 0 aliphatic carbocycles. The molecule has 0 fully saturated rings. The van der Waals surface area contributed by atoms with E-state index in [0.717, 1.165) is 41.1 Å². The minimum absolute atomic E-state index is 0.0318. The lowest BCUT2D eigenvalue weighted by atomic mass is 9.96. The number of carbonyl (C=O) groups is 1. The van der Waals surface area contributed by atoms with Crippen molar-refractivity contribution in [1.82, 2.24) is 4.98 Å². The monoisotopic (exact) mass is 457 g/mol. The van der Waals surface area contributed by atoms with Crippen molar-refractivity contribution in [2.75, 3.05) is 23.3 Å². The highest BCUT2D eigenvalue weighted by Gasteiger charge is 2.34. The first-order chi connectivity index (χ1) is 14.4. The number of hydrogen-bond acceptors (Lipinski definition) is 5. The van der Waals surface area contributed by atoms with Crippen molar-refractivity contribution in [2.24, 2.45) is 11.8 Å². The topological polar surface area (TPSA) is 65.5 Å². The molecule has 0 saturated carbocycles. The molecule has 5 nitrogen and oxygen atoms in total. The van der Waals surface area contributed by atoms with Crippen molar-refractivity contribution in [3.63, 3.8) is 0 Å². The van der Waals surface area contributed by atoms with Crippen molar-refractivity contribution >= 4 is 33.8 Å². The van der Waals surface area contributed by atoms with Crippen LogP contribution in [0.1, 0.15) is 58.2 Å². The van der Waals surface area contributed by atoms with Gasteiger partial charge in [-0.3, -0.25) is 4.79 Å². The number of aliphatic carboxylic acids is 1. The van der Waals surface area contributed by atoms with Gasteiger partial charge in [0.15, 0.2) is 10.8 Å². The molecule has 9 heteroatoms. The van der Waals surface area contributed by atoms with Gasteiger partial charge in [-0.25, -0.2) is 4.98 Å². The van der Waals surface area contributed by atoms with Crippen molar-refractivity contribution in [3.8, 4) is 0 Å². The minimum Gasteiger partial charge on any atom is -0.481 e.